The zero-order valence-corrected chi connectivity index (χ0v) is 16.7. The summed E-state index contributed by atoms with van der Waals surface area (Å²) in [6.45, 7) is 4.71. The van der Waals surface area contributed by atoms with Gasteiger partial charge in [-0.25, -0.2) is 4.79 Å². The molecule has 1 saturated carbocycles. The fourth-order valence-corrected chi connectivity index (χ4v) is 4.26. The Morgan fingerprint density at radius 1 is 1.20 bits per heavy atom. The average molecular weight is 432 g/mol. The smallest absolute Gasteiger partial charge is 0.475 e. The molecule has 30 heavy (non-hydrogen) atoms. The van der Waals surface area contributed by atoms with Crippen molar-refractivity contribution >= 4 is 11.9 Å². The maximum Gasteiger partial charge on any atom is 0.490 e. The summed E-state index contributed by atoms with van der Waals surface area (Å²) in [5.74, 6) is -2.51. The summed E-state index contributed by atoms with van der Waals surface area (Å²) in [5.41, 5.74) is 1.25. The summed E-state index contributed by atoms with van der Waals surface area (Å²) >= 11 is 0. The zero-order chi connectivity index (χ0) is 21.7. The molecular weight excluding hydrogens is 405 g/mol. The van der Waals surface area contributed by atoms with Crippen LogP contribution in [-0.4, -0.2) is 81.6 Å². The number of aliphatic carboxylic acids is 1. The van der Waals surface area contributed by atoms with Crippen molar-refractivity contribution in [2.24, 2.45) is 0 Å². The Kier molecular flexibility index (Phi) is 7.35. The molecule has 1 N–H and O–H groups in total. The lowest BCUT2D eigenvalue weighted by Crippen LogP contribution is -2.46. The van der Waals surface area contributed by atoms with Gasteiger partial charge in [-0.1, -0.05) is 12.8 Å². The SMILES string of the molecule is O=C(CC1CN(C2CCCC2)Cc2ccnn21)N1CCOCC1.O=C(O)C(F)(F)F. The molecule has 2 aliphatic heterocycles. The Labute approximate surface area is 172 Å². The molecule has 1 atom stereocenters. The van der Waals surface area contributed by atoms with Crippen LogP contribution in [0.3, 0.4) is 0 Å². The van der Waals surface area contributed by atoms with Crippen molar-refractivity contribution < 1.29 is 32.6 Å². The van der Waals surface area contributed by atoms with Crippen molar-refractivity contribution in [1.29, 1.82) is 0 Å². The van der Waals surface area contributed by atoms with Crippen LogP contribution in [0.15, 0.2) is 12.3 Å². The second-order valence-corrected chi connectivity index (χ2v) is 7.79. The van der Waals surface area contributed by atoms with Crippen LogP contribution in [0.2, 0.25) is 0 Å². The van der Waals surface area contributed by atoms with Gasteiger partial charge >= 0.3 is 12.1 Å². The van der Waals surface area contributed by atoms with Crippen molar-refractivity contribution in [2.45, 2.75) is 56.9 Å². The molecule has 3 aliphatic rings. The minimum absolute atomic E-state index is 0.171. The summed E-state index contributed by atoms with van der Waals surface area (Å²) in [5, 5.41) is 11.6. The van der Waals surface area contributed by atoms with E-state index in [1.807, 2.05) is 11.1 Å². The van der Waals surface area contributed by atoms with Crippen LogP contribution in [0.5, 0.6) is 0 Å². The van der Waals surface area contributed by atoms with Crippen molar-refractivity contribution in [2.75, 3.05) is 32.8 Å². The number of hydrogen-bond donors (Lipinski definition) is 1. The second-order valence-electron chi connectivity index (χ2n) is 7.79. The molecule has 1 aromatic rings. The van der Waals surface area contributed by atoms with Gasteiger partial charge in [-0.3, -0.25) is 14.4 Å². The number of rotatable bonds is 3. The summed E-state index contributed by atoms with van der Waals surface area (Å²) in [7, 11) is 0. The maximum atomic E-state index is 12.6. The van der Waals surface area contributed by atoms with Gasteiger partial charge in [-0.2, -0.15) is 18.3 Å². The van der Waals surface area contributed by atoms with Crippen molar-refractivity contribution in [1.82, 2.24) is 19.6 Å². The third-order valence-corrected chi connectivity index (χ3v) is 5.77. The molecule has 3 heterocycles. The van der Waals surface area contributed by atoms with Crippen LogP contribution < -0.4 is 0 Å². The van der Waals surface area contributed by atoms with E-state index in [-0.39, 0.29) is 11.9 Å². The number of amides is 1. The van der Waals surface area contributed by atoms with E-state index in [1.165, 1.54) is 31.4 Å². The Morgan fingerprint density at radius 2 is 1.83 bits per heavy atom. The third-order valence-electron chi connectivity index (χ3n) is 5.77. The lowest BCUT2D eigenvalue weighted by Gasteiger charge is -2.38. The summed E-state index contributed by atoms with van der Waals surface area (Å²) in [6.07, 6.45) is 2.64. The van der Waals surface area contributed by atoms with Crippen LogP contribution in [0.4, 0.5) is 13.2 Å². The molecule has 0 aromatic carbocycles. The number of halogens is 3. The predicted octanol–water partition coefficient (Wildman–Crippen LogP) is 2.06. The highest BCUT2D eigenvalue weighted by molar-refractivity contribution is 5.76. The number of alkyl halides is 3. The van der Waals surface area contributed by atoms with E-state index >= 15 is 0 Å². The highest BCUT2D eigenvalue weighted by Crippen LogP contribution is 2.31. The number of aromatic nitrogens is 2. The zero-order valence-electron chi connectivity index (χ0n) is 16.7. The minimum Gasteiger partial charge on any atom is -0.475 e. The summed E-state index contributed by atoms with van der Waals surface area (Å²) in [4.78, 5) is 26.1. The van der Waals surface area contributed by atoms with E-state index in [2.05, 4.69) is 20.7 Å². The number of morpholine rings is 1. The number of carboxylic acids is 1. The molecule has 1 aromatic heterocycles. The van der Waals surface area contributed by atoms with E-state index in [0.29, 0.717) is 25.7 Å². The van der Waals surface area contributed by atoms with E-state index < -0.39 is 12.1 Å². The van der Waals surface area contributed by atoms with Gasteiger partial charge in [0.05, 0.1) is 31.4 Å². The Morgan fingerprint density at radius 3 is 2.43 bits per heavy atom. The van der Waals surface area contributed by atoms with E-state index in [9.17, 15) is 18.0 Å². The molecule has 8 nitrogen and oxygen atoms in total. The molecule has 0 radical (unpaired) electrons. The largest absolute Gasteiger partial charge is 0.490 e. The molecule has 1 saturated heterocycles. The lowest BCUT2D eigenvalue weighted by molar-refractivity contribution is -0.192. The minimum atomic E-state index is -5.08. The number of carbonyl (C=O) groups excluding carboxylic acids is 1. The third kappa shape index (κ3) is 5.72. The molecule has 0 bridgehead atoms. The molecule has 1 unspecified atom stereocenters. The monoisotopic (exact) mass is 432 g/mol. The van der Waals surface area contributed by atoms with Gasteiger partial charge in [0, 0.05) is 38.4 Å². The van der Waals surface area contributed by atoms with Gasteiger partial charge in [0.2, 0.25) is 5.91 Å². The highest BCUT2D eigenvalue weighted by Gasteiger charge is 2.38. The molecule has 2 fully saturated rings. The topological polar surface area (TPSA) is 87.9 Å². The molecule has 0 spiro atoms. The van der Waals surface area contributed by atoms with Crippen molar-refractivity contribution in [3.05, 3.63) is 18.0 Å². The lowest BCUT2D eigenvalue weighted by atomic mass is 10.1. The van der Waals surface area contributed by atoms with E-state index in [0.717, 1.165) is 26.2 Å². The molecule has 11 heteroatoms. The predicted molar refractivity (Wildman–Crippen MR) is 99.6 cm³/mol. The molecule has 168 valence electrons. The number of fused-ring (bicyclic) bond motifs is 1. The molecule has 4 rings (SSSR count). The number of carbonyl (C=O) groups is 2. The number of carboxylic acid groups (broad SMARTS) is 1. The number of hydrogen-bond acceptors (Lipinski definition) is 5. The van der Waals surface area contributed by atoms with Crippen LogP contribution >= 0.6 is 0 Å². The van der Waals surface area contributed by atoms with Gasteiger partial charge in [-0.05, 0) is 18.9 Å². The van der Waals surface area contributed by atoms with Crippen molar-refractivity contribution in [3.8, 4) is 0 Å². The van der Waals surface area contributed by atoms with Gasteiger partial charge < -0.3 is 14.7 Å². The average Bonchev–Trinajstić information content (AvgIpc) is 3.40. The Hall–Kier alpha value is -2.14. The fraction of sp³-hybridized carbons (Fsp3) is 0.737. The molecule has 1 aliphatic carbocycles. The Balaban J connectivity index is 0.000000318. The first-order valence-corrected chi connectivity index (χ1v) is 10.2. The first kappa shape index (κ1) is 22.5. The summed E-state index contributed by atoms with van der Waals surface area (Å²) < 4.78 is 39.2. The normalized spacial score (nSPS) is 22.9. The van der Waals surface area contributed by atoms with Gasteiger partial charge in [0.25, 0.3) is 0 Å². The molecular formula is C19H27F3N4O4. The highest BCUT2D eigenvalue weighted by atomic mass is 19.4. The number of nitrogens with zero attached hydrogens (tertiary/aromatic N) is 4. The van der Waals surface area contributed by atoms with E-state index in [1.54, 1.807) is 0 Å². The summed E-state index contributed by atoms with van der Waals surface area (Å²) in [6, 6.07) is 2.97. The quantitative estimate of drug-likeness (QED) is 0.787. The fourth-order valence-electron chi connectivity index (χ4n) is 4.26. The van der Waals surface area contributed by atoms with Crippen LogP contribution in [-0.2, 0) is 20.9 Å². The maximum absolute atomic E-state index is 12.6. The van der Waals surface area contributed by atoms with E-state index in [4.69, 9.17) is 14.6 Å². The van der Waals surface area contributed by atoms with Gasteiger partial charge in [-0.15, -0.1) is 0 Å². The van der Waals surface area contributed by atoms with Crippen molar-refractivity contribution in [3.63, 3.8) is 0 Å². The van der Waals surface area contributed by atoms with Crippen LogP contribution in [0.25, 0.3) is 0 Å². The molecule has 1 amide bonds. The van der Waals surface area contributed by atoms with Gasteiger partial charge in [0.1, 0.15) is 0 Å². The second kappa shape index (κ2) is 9.78. The first-order valence-electron chi connectivity index (χ1n) is 10.2. The first-order chi connectivity index (χ1) is 14.3. The standard InChI is InChI=1S/C17H26N4O2.C2HF3O2/c22-17(19-7-9-23-10-8-19)11-16-13-20(14-3-1-2-4-14)12-15-5-6-18-21(15)16;3-2(4,5)1(6)7/h5-6,14,16H,1-4,7-13H2;(H,6,7). The van der Waals surface area contributed by atoms with Crippen LogP contribution in [0.1, 0.15) is 43.8 Å². The van der Waals surface area contributed by atoms with Crippen LogP contribution in [0, 0.1) is 0 Å². The Bertz CT molecular complexity index is 728. The number of ether oxygens (including phenoxy) is 1. The van der Waals surface area contributed by atoms with Gasteiger partial charge in [0.15, 0.2) is 0 Å².